The van der Waals surface area contributed by atoms with Gasteiger partial charge in [-0.05, 0) is 81.8 Å². The molecule has 34 heavy (non-hydrogen) atoms. The summed E-state index contributed by atoms with van der Waals surface area (Å²) in [6.07, 6.45) is 6.18. The molecule has 0 saturated carbocycles. The monoisotopic (exact) mass is 475 g/mol. The number of H-pyrrole nitrogens is 1. The van der Waals surface area contributed by atoms with Crippen molar-refractivity contribution in [3.05, 3.63) is 68.1 Å². The number of benzene rings is 1. The standard InChI is InChI=1S/C27H29N3O3S/c1-4-5-14-33-27(32)18-10-12-19(13-11-18)30-16(2)15-21(17(30)3)24-28-25(31)23-20-8-6-7-9-22(20)34-26(23)29-24/h10-13,15H,4-9,14H2,1-3H3,(H,28,29,31). The number of unbranched alkanes of at least 4 members (excludes halogenated alkanes) is 1. The molecule has 1 aromatic carbocycles. The normalized spacial score (nSPS) is 13.3. The summed E-state index contributed by atoms with van der Waals surface area (Å²) in [6.45, 7) is 6.57. The van der Waals surface area contributed by atoms with E-state index in [2.05, 4.69) is 22.5 Å². The number of carbonyl (C=O) groups is 1. The maximum atomic E-state index is 13.0. The van der Waals surface area contributed by atoms with Gasteiger partial charge in [0.05, 0.1) is 17.6 Å². The van der Waals surface area contributed by atoms with Crippen LogP contribution in [0.3, 0.4) is 0 Å². The molecule has 0 radical (unpaired) electrons. The van der Waals surface area contributed by atoms with Crippen LogP contribution in [0.1, 0.15) is 64.8 Å². The van der Waals surface area contributed by atoms with E-state index in [4.69, 9.17) is 9.72 Å². The van der Waals surface area contributed by atoms with Crippen molar-refractivity contribution in [3.8, 4) is 17.1 Å². The summed E-state index contributed by atoms with van der Waals surface area (Å²) in [5.74, 6) is 0.307. The molecule has 0 amide bonds. The number of nitrogens with one attached hydrogen (secondary N) is 1. The van der Waals surface area contributed by atoms with E-state index >= 15 is 0 Å². The first-order valence-corrected chi connectivity index (χ1v) is 12.8. The predicted molar refractivity (Wildman–Crippen MR) is 136 cm³/mol. The van der Waals surface area contributed by atoms with E-state index in [-0.39, 0.29) is 11.5 Å². The zero-order valence-corrected chi connectivity index (χ0v) is 20.7. The fourth-order valence-electron chi connectivity index (χ4n) is 4.83. The van der Waals surface area contributed by atoms with Crippen LogP contribution in [0.2, 0.25) is 0 Å². The summed E-state index contributed by atoms with van der Waals surface area (Å²) in [4.78, 5) is 35.3. The molecule has 7 heteroatoms. The number of thiophene rings is 1. The molecular weight excluding hydrogens is 446 g/mol. The summed E-state index contributed by atoms with van der Waals surface area (Å²) in [5, 5.41) is 0.777. The van der Waals surface area contributed by atoms with Crippen LogP contribution in [-0.2, 0) is 17.6 Å². The lowest BCUT2D eigenvalue weighted by molar-refractivity contribution is 0.0500. The number of fused-ring (bicyclic) bond motifs is 3. The summed E-state index contributed by atoms with van der Waals surface area (Å²) in [5.41, 5.74) is 5.56. The van der Waals surface area contributed by atoms with Gasteiger partial charge in [-0.3, -0.25) is 4.79 Å². The Morgan fingerprint density at radius 3 is 2.71 bits per heavy atom. The molecule has 1 N–H and O–H groups in total. The average Bonchev–Trinajstić information content (AvgIpc) is 3.36. The van der Waals surface area contributed by atoms with Gasteiger partial charge in [0.15, 0.2) is 0 Å². The molecule has 0 unspecified atom stereocenters. The second kappa shape index (κ2) is 9.22. The highest BCUT2D eigenvalue weighted by Crippen LogP contribution is 2.35. The van der Waals surface area contributed by atoms with E-state index in [1.165, 1.54) is 16.9 Å². The molecule has 4 aromatic rings. The molecular formula is C27H29N3O3S. The largest absolute Gasteiger partial charge is 0.462 e. The van der Waals surface area contributed by atoms with Crippen molar-refractivity contribution in [3.63, 3.8) is 0 Å². The zero-order valence-electron chi connectivity index (χ0n) is 19.9. The van der Waals surface area contributed by atoms with Gasteiger partial charge >= 0.3 is 5.97 Å². The van der Waals surface area contributed by atoms with E-state index in [0.29, 0.717) is 18.0 Å². The van der Waals surface area contributed by atoms with Gasteiger partial charge in [0, 0.05) is 27.5 Å². The Balaban J connectivity index is 1.48. The van der Waals surface area contributed by atoms with Gasteiger partial charge in [-0.25, -0.2) is 9.78 Å². The second-order valence-corrected chi connectivity index (χ2v) is 10.0. The van der Waals surface area contributed by atoms with E-state index in [9.17, 15) is 9.59 Å². The second-order valence-electron chi connectivity index (χ2n) is 8.96. The van der Waals surface area contributed by atoms with Crippen molar-refractivity contribution in [2.45, 2.75) is 59.3 Å². The number of esters is 1. The predicted octanol–water partition coefficient (Wildman–Crippen LogP) is 5.89. The van der Waals surface area contributed by atoms with E-state index < -0.39 is 0 Å². The molecule has 6 nitrogen and oxygen atoms in total. The first-order chi connectivity index (χ1) is 16.5. The van der Waals surface area contributed by atoms with Crippen LogP contribution in [0.4, 0.5) is 0 Å². The lowest BCUT2D eigenvalue weighted by atomic mass is 9.97. The van der Waals surface area contributed by atoms with Crippen molar-refractivity contribution in [1.29, 1.82) is 0 Å². The Morgan fingerprint density at radius 1 is 1.18 bits per heavy atom. The molecule has 0 aliphatic heterocycles. The number of hydrogen-bond acceptors (Lipinski definition) is 5. The Hall–Kier alpha value is -3.19. The lowest BCUT2D eigenvalue weighted by Crippen LogP contribution is -2.11. The number of carbonyl (C=O) groups excluding carboxylic acids is 1. The van der Waals surface area contributed by atoms with Crippen LogP contribution in [0.25, 0.3) is 27.3 Å². The third kappa shape index (κ3) is 3.98. The highest BCUT2D eigenvalue weighted by molar-refractivity contribution is 7.18. The minimum absolute atomic E-state index is 0.0462. The highest BCUT2D eigenvalue weighted by Gasteiger charge is 2.21. The first kappa shape index (κ1) is 22.6. The topological polar surface area (TPSA) is 77.0 Å². The van der Waals surface area contributed by atoms with Crippen molar-refractivity contribution in [2.24, 2.45) is 0 Å². The molecule has 0 saturated heterocycles. The molecule has 5 rings (SSSR count). The first-order valence-electron chi connectivity index (χ1n) is 12.0. The van der Waals surface area contributed by atoms with Gasteiger partial charge < -0.3 is 14.3 Å². The van der Waals surface area contributed by atoms with E-state index in [1.807, 2.05) is 26.0 Å². The molecule has 0 fully saturated rings. The third-order valence-electron chi connectivity index (χ3n) is 6.60. The van der Waals surface area contributed by atoms with E-state index in [0.717, 1.165) is 65.0 Å². The summed E-state index contributed by atoms with van der Waals surface area (Å²) in [7, 11) is 0. The Labute approximate surface area is 202 Å². The minimum Gasteiger partial charge on any atom is -0.462 e. The maximum Gasteiger partial charge on any atom is 0.338 e. The average molecular weight is 476 g/mol. The Morgan fingerprint density at radius 2 is 1.94 bits per heavy atom. The lowest BCUT2D eigenvalue weighted by Gasteiger charge is -2.11. The van der Waals surface area contributed by atoms with Crippen molar-refractivity contribution in [2.75, 3.05) is 6.61 Å². The summed E-state index contributed by atoms with van der Waals surface area (Å²) >= 11 is 1.67. The number of ether oxygens (including phenoxy) is 1. The molecule has 3 aromatic heterocycles. The van der Waals surface area contributed by atoms with Crippen LogP contribution < -0.4 is 5.56 Å². The van der Waals surface area contributed by atoms with Gasteiger partial charge in [0.25, 0.3) is 5.56 Å². The Bertz CT molecular complexity index is 1430. The number of aromatic nitrogens is 3. The van der Waals surface area contributed by atoms with E-state index in [1.54, 1.807) is 23.5 Å². The van der Waals surface area contributed by atoms with Crippen molar-refractivity contribution < 1.29 is 9.53 Å². The zero-order chi connectivity index (χ0) is 23.8. The van der Waals surface area contributed by atoms with Crippen molar-refractivity contribution >= 4 is 27.5 Å². The smallest absolute Gasteiger partial charge is 0.338 e. The fraction of sp³-hybridized carbons (Fsp3) is 0.370. The van der Waals surface area contributed by atoms with Gasteiger partial charge in [-0.15, -0.1) is 11.3 Å². The van der Waals surface area contributed by atoms with Gasteiger partial charge in [-0.2, -0.15) is 0 Å². The van der Waals surface area contributed by atoms with Crippen LogP contribution in [-0.4, -0.2) is 27.1 Å². The highest BCUT2D eigenvalue weighted by atomic mass is 32.1. The summed E-state index contributed by atoms with van der Waals surface area (Å²) < 4.78 is 7.43. The molecule has 0 spiro atoms. The molecule has 0 atom stereocenters. The number of aromatic amines is 1. The molecule has 1 aliphatic carbocycles. The SMILES string of the molecule is CCCCOC(=O)c1ccc(-n2c(C)cc(-c3nc4sc5c(c4c(=O)[nH]3)CCCC5)c2C)cc1. The molecule has 176 valence electrons. The van der Waals surface area contributed by atoms with Crippen LogP contribution >= 0.6 is 11.3 Å². The van der Waals surface area contributed by atoms with Gasteiger partial charge in [0.1, 0.15) is 10.7 Å². The maximum absolute atomic E-state index is 13.0. The number of hydrogen-bond donors (Lipinski definition) is 1. The number of nitrogens with zero attached hydrogens (tertiary/aromatic N) is 2. The molecule has 3 heterocycles. The summed E-state index contributed by atoms with van der Waals surface area (Å²) in [6, 6.07) is 9.49. The number of rotatable bonds is 6. The van der Waals surface area contributed by atoms with Gasteiger partial charge in [-0.1, -0.05) is 13.3 Å². The quantitative estimate of drug-likeness (QED) is 0.278. The van der Waals surface area contributed by atoms with Crippen LogP contribution in [0, 0.1) is 13.8 Å². The third-order valence-corrected chi connectivity index (χ3v) is 7.79. The number of aryl methyl sites for hydroxylation is 3. The van der Waals surface area contributed by atoms with Crippen molar-refractivity contribution in [1.82, 2.24) is 14.5 Å². The van der Waals surface area contributed by atoms with Crippen LogP contribution in [0.15, 0.2) is 35.1 Å². The molecule has 1 aliphatic rings. The fourth-order valence-corrected chi connectivity index (χ4v) is 6.09. The minimum atomic E-state index is -0.296. The Kier molecular flexibility index (Phi) is 6.13. The van der Waals surface area contributed by atoms with Gasteiger partial charge in [0.2, 0.25) is 0 Å². The van der Waals surface area contributed by atoms with Crippen LogP contribution in [0.5, 0.6) is 0 Å². The molecule has 0 bridgehead atoms.